The maximum absolute atomic E-state index is 10.8. The summed E-state index contributed by atoms with van der Waals surface area (Å²) in [5, 5.41) is 5.94. The van der Waals surface area contributed by atoms with Crippen LogP contribution in [0.4, 0.5) is 0 Å². The molecule has 10 heavy (non-hydrogen) atoms. The molecule has 0 saturated carbocycles. The first-order valence-electron chi connectivity index (χ1n) is 2.67. The number of H-pyrrole nitrogens is 1. The van der Waals surface area contributed by atoms with Crippen molar-refractivity contribution in [3.63, 3.8) is 0 Å². The van der Waals surface area contributed by atoms with Gasteiger partial charge in [0.15, 0.2) is 5.65 Å². The molecule has 2 heterocycles. The van der Waals surface area contributed by atoms with Crippen LogP contribution in [0, 0.1) is 6.20 Å². The van der Waals surface area contributed by atoms with Crippen LogP contribution < -0.4 is 5.69 Å². The number of hydrogen-bond donors (Lipinski definition) is 1. The molecule has 0 unspecified atom stereocenters. The van der Waals surface area contributed by atoms with Crippen molar-refractivity contribution in [3.05, 3.63) is 29.1 Å². The molecular weight excluding hydrogens is 132 g/mol. The lowest BCUT2D eigenvalue weighted by molar-refractivity contribution is 1.02. The third-order valence-corrected chi connectivity index (χ3v) is 1.17. The molecule has 5 heteroatoms. The van der Waals surface area contributed by atoms with E-state index in [2.05, 4.69) is 21.4 Å². The van der Waals surface area contributed by atoms with Crippen molar-refractivity contribution in [3.8, 4) is 0 Å². The Labute approximate surface area is 55.3 Å². The fourth-order valence-corrected chi connectivity index (χ4v) is 0.719. The van der Waals surface area contributed by atoms with Gasteiger partial charge in [-0.05, 0) is 0 Å². The van der Waals surface area contributed by atoms with Gasteiger partial charge in [-0.2, -0.15) is 5.10 Å². The number of aromatic nitrogens is 4. The molecule has 0 saturated heterocycles. The van der Waals surface area contributed by atoms with E-state index in [9.17, 15) is 4.79 Å². The van der Waals surface area contributed by atoms with Crippen molar-refractivity contribution in [1.82, 2.24) is 19.6 Å². The Balaban J connectivity index is 3.07. The molecule has 2 rings (SSSR count). The summed E-state index contributed by atoms with van der Waals surface area (Å²) in [4.78, 5) is 14.4. The topological polar surface area (TPSA) is 63.0 Å². The smallest absolute Gasteiger partial charge is 0.249 e. The van der Waals surface area contributed by atoms with E-state index in [-0.39, 0.29) is 5.69 Å². The minimum absolute atomic E-state index is 0.270. The van der Waals surface area contributed by atoms with Crippen LogP contribution in [-0.4, -0.2) is 19.6 Å². The van der Waals surface area contributed by atoms with Crippen LogP contribution in [0.5, 0.6) is 0 Å². The number of nitrogens with one attached hydrogen (secondary N) is 1. The summed E-state index contributed by atoms with van der Waals surface area (Å²) in [5.74, 6) is 0. The molecular formula is C5H3N4O. The molecule has 2 aromatic heterocycles. The van der Waals surface area contributed by atoms with Gasteiger partial charge in [0.05, 0.1) is 6.20 Å². The summed E-state index contributed by atoms with van der Waals surface area (Å²) in [6, 6.07) is 0. The van der Waals surface area contributed by atoms with Gasteiger partial charge in [-0.25, -0.2) is 19.3 Å². The molecule has 0 amide bonds. The van der Waals surface area contributed by atoms with E-state index in [4.69, 9.17) is 0 Å². The molecule has 49 valence electrons. The Morgan fingerprint density at radius 3 is 3.40 bits per heavy atom. The zero-order chi connectivity index (χ0) is 6.97. The quantitative estimate of drug-likeness (QED) is 0.515. The van der Waals surface area contributed by atoms with E-state index in [1.54, 1.807) is 0 Å². The summed E-state index contributed by atoms with van der Waals surface area (Å²) in [6.07, 6.45) is 5.40. The van der Waals surface area contributed by atoms with Gasteiger partial charge in [0.2, 0.25) is 0 Å². The summed E-state index contributed by atoms with van der Waals surface area (Å²) in [5.41, 5.74) is 0.234. The predicted molar refractivity (Wildman–Crippen MR) is 32.4 cm³/mol. The van der Waals surface area contributed by atoms with Crippen molar-refractivity contribution >= 4 is 5.65 Å². The maximum Gasteiger partial charge on any atom is 0.347 e. The largest absolute Gasteiger partial charge is 0.347 e. The highest BCUT2D eigenvalue weighted by atomic mass is 16.1. The number of hydrogen-bond acceptors (Lipinski definition) is 3. The second-order valence-electron chi connectivity index (χ2n) is 1.77. The summed E-state index contributed by atoms with van der Waals surface area (Å²) in [7, 11) is 0. The van der Waals surface area contributed by atoms with Crippen LogP contribution >= 0.6 is 0 Å². The van der Waals surface area contributed by atoms with E-state index in [1.807, 2.05) is 0 Å². The number of rotatable bonds is 0. The first-order valence-corrected chi connectivity index (χ1v) is 2.67. The minimum Gasteiger partial charge on any atom is -0.249 e. The molecule has 2 aromatic rings. The molecule has 1 N–H and O–H groups in total. The second kappa shape index (κ2) is 1.66. The summed E-state index contributed by atoms with van der Waals surface area (Å²) < 4.78 is 1.33. The average Bonchev–Trinajstić information content (AvgIpc) is 2.34. The van der Waals surface area contributed by atoms with Crippen LogP contribution in [0.25, 0.3) is 5.65 Å². The zero-order valence-corrected chi connectivity index (χ0v) is 4.90. The molecule has 0 fully saturated rings. The molecule has 0 aliphatic carbocycles. The van der Waals surface area contributed by atoms with Gasteiger partial charge in [0.1, 0.15) is 6.20 Å². The van der Waals surface area contributed by atoms with Gasteiger partial charge in [-0.15, -0.1) is 0 Å². The molecule has 0 aromatic carbocycles. The molecule has 0 aliphatic heterocycles. The van der Waals surface area contributed by atoms with Gasteiger partial charge in [-0.1, -0.05) is 0 Å². The van der Waals surface area contributed by atoms with E-state index in [0.717, 1.165) is 0 Å². The molecule has 0 atom stereocenters. The minimum atomic E-state index is -0.270. The third kappa shape index (κ3) is 0.540. The zero-order valence-electron chi connectivity index (χ0n) is 4.90. The monoisotopic (exact) mass is 135 g/mol. The third-order valence-electron chi connectivity index (χ3n) is 1.17. The second-order valence-corrected chi connectivity index (χ2v) is 1.77. The van der Waals surface area contributed by atoms with Crippen molar-refractivity contribution in [2.75, 3.05) is 0 Å². The van der Waals surface area contributed by atoms with Gasteiger partial charge in [-0.3, -0.25) is 0 Å². The first-order chi connectivity index (χ1) is 4.88. The summed E-state index contributed by atoms with van der Waals surface area (Å²) in [6.45, 7) is 0. The lowest BCUT2D eigenvalue weighted by atomic mass is 10.7. The fourth-order valence-electron chi connectivity index (χ4n) is 0.719. The standard InChI is InChI=1S/C5H3N4O/c10-5-8-7-4-3-6-1-2-9(4)5/h2-3H,(H,8,10). The van der Waals surface area contributed by atoms with E-state index >= 15 is 0 Å². The van der Waals surface area contributed by atoms with Crippen molar-refractivity contribution < 1.29 is 0 Å². The van der Waals surface area contributed by atoms with Gasteiger partial charge in [0, 0.05) is 6.20 Å². The Morgan fingerprint density at radius 1 is 1.70 bits per heavy atom. The Kier molecular flexibility index (Phi) is 0.858. The van der Waals surface area contributed by atoms with Gasteiger partial charge >= 0.3 is 5.69 Å². The van der Waals surface area contributed by atoms with Gasteiger partial charge < -0.3 is 0 Å². The van der Waals surface area contributed by atoms with Crippen molar-refractivity contribution in [1.29, 1.82) is 0 Å². The Bertz CT molecular complexity index is 401. The molecule has 0 bridgehead atoms. The lowest BCUT2D eigenvalue weighted by Crippen LogP contribution is -2.08. The normalized spacial score (nSPS) is 10.4. The van der Waals surface area contributed by atoms with Gasteiger partial charge in [0.25, 0.3) is 0 Å². The molecule has 0 spiro atoms. The summed E-state index contributed by atoms with van der Waals surface area (Å²) >= 11 is 0. The number of fused-ring (bicyclic) bond motifs is 1. The Morgan fingerprint density at radius 2 is 2.60 bits per heavy atom. The van der Waals surface area contributed by atoms with E-state index in [1.165, 1.54) is 16.8 Å². The number of aromatic amines is 1. The van der Waals surface area contributed by atoms with E-state index in [0.29, 0.717) is 5.65 Å². The van der Waals surface area contributed by atoms with Crippen LogP contribution in [-0.2, 0) is 0 Å². The molecule has 0 aliphatic rings. The Hall–Kier alpha value is -1.65. The maximum atomic E-state index is 10.8. The van der Waals surface area contributed by atoms with Crippen molar-refractivity contribution in [2.45, 2.75) is 0 Å². The highest BCUT2D eigenvalue weighted by molar-refractivity contribution is 5.30. The fraction of sp³-hybridized carbons (Fsp3) is 0. The highest BCUT2D eigenvalue weighted by Gasteiger charge is 1.94. The SMILES string of the molecule is O=c1[nH]nc2cn[c]cn12. The predicted octanol–water partition coefficient (Wildman–Crippen LogP) is -0.782. The van der Waals surface area contributed by atoms with Crippen LogP contribution in [0.3, 0.4) is 0 Å². The van der Waals surface area contributed by atoms with Crippen LogP contribution in [0.2, 0.25) is 0 Å². The van der Waals surface area contributed by atoms with Crippen LogP contribution in [0.1, 0.15) is 0 Å². The van der Waals surface area contributed by atoms with Crippen LogP contribution in [0.15, 0.2) is 17.2 Å². The van der Waals surface area contributed by atoms with Crippen molar-refractivity contribution in [2.24, 2.45) is 0 Å². The molecule has 1 radical (unpaired) electrons. The lowest BCUT2D eigenvalue weighted by Gasteiger charge is -1.82. The first kappa shape index (κ1) is 5.16. The highest BCUT2D eigenvalue weighted by Crippen LogP contribution is 1.86. The number of nitrogens with zero attached hydrogens (tertiary/aromatic N) is 3. The average molecular weight is 135 g/mol. The molecule has 5 nitrogen and oxygen atoms in total. The van der Waals surface area contributed by atoms with E-state index < -0.39 is 0 Å².